The molecule has 1 aliphatic heterocycles. The minimum absolute atomic E-state index is 0.635. The van der Waals surface area contributed by atoms with Crippen LogP contribution in [0, 0.1) is 5.92 Å². The molecule has 0 radical (unpaired) electrons. The summed E-state index contributed by atoms with van der Waals surface area (Å²) in [6.45, 7) is 4.31. The Morgan fingerprint density at radius 3 is 2.78 bits per heavy atom. The first-order valence-corrected chi connectivity index (χ1v) is 8.71. The first-order valence-electron chi connectivity index (χ1n) is 8.71. The third kappa shape index (κ3) is 2.95. The van der Waals surface area contributed by atoms with Crippen molar-refractivity contribution in [2.45, 2.75) is 25.3 Å². The third-order valence-electron chi connectivity index (χ3n) is 5.39. The van der Waals surface area contributed by atoms with Crippen molar-refractivity contribution in [1.29, 1.82) is 0 Å². The monoisotopic (exact) mass is 310 g/mol. The van der Waals surface area contributed by atoms with Crippen molar-refractivity contribution in [3.8, 4) is 0 Å². The van der Waals surface area contributed by atoms with Gasteiger partial charge in [-0.05, 0) is 24.3 Å². The zero-order valence-electron chi connectivity index (χ0n) is 13.8. The lowest BCUT2D eigenvalue weighted by Crippen LogP contribution is -2.32. The van der Waals surface area contributed by atoms with Gasteiger partial charge < -0.3 is 15.3 Å². The highest BCUT2D eigenvalue weighted by Crippen LogP contribution is 2.38. The third-order valence-corrected chi connectivity index (χ3v) is 5.39. The van der Waals surface area contributed by atoms with Crippen LogP contribution in [0.5, 0.6) is 0 Å². The van der Waals surface area contributed by atoms with Crippen LogP contribution in [0.1, 0.15) is 30.0 Å². The minimum Gasteiger partial charge on any atom is -0.368 e. The van der Waals surface area contributed by atoms with Crippen LogP contribution < -0.4 is 5.32 Å². The van der Waals surface area contributed by atoms with E-state index in [1.54, 1.807) is 5.70 Å². The second-order valence-corrected chi connectivity index (χ2v) is 6.85. The summed E-state index contributed by atoms with van der Waals surface area (Å²) in [6.07, 6.45) is 7.04. The molecule has 2 heterocycles. The lowest BCUT2D eigenvalue weighted by atomic mass is 9.80. The topological polar surface area (TPSA) is 36.0 Å². The molecular formula is C19H26N4. The van der Waals surface area contributed by atoms with Gasteiger partial charge >= 0.3 is 0 Å². The van der Waals surface area contributed by atoms with Crippen LogP contribution in [0.4, 0.5) is 0 Å². The Kier molecular flexibility index (Phi) is 4.00. The zero-order chi connectivity index (χ0) is 15.6. The average molecular weight is 310 g/mol. The highest BCUT2D eigenvalue weighted by Gasteiger charge is 2.30. The van der Waals surface area contributed by atoms with Gasteiger partial charge in [0, 0.05) is 44.5 Å². The Morgan fingerprint density at radius 1 is 1.17 bits per heavy atom. The highest BCUT2D eigenvalue weighted by atomic mass is 15.3. The van der Waals surface area contributed by atoms with Crippen LogP contribution in [0.2, 0.25) is 0 Å². The fraction of sp³-hybridized carbons (Fsp3) is 0.474. The van der Waals surface area contributed by atoms with E-state index in [0.29, 0.717) is 11.8 Å². The molecule has 1 aromatic carbocycles. The standard InChI is InChI=1S/C19H26N4/c1-22-18(13-21-22)14-23-10-9-20-12-17-11-16(7-8-19(17)23)15-5-3-2-4-6-15/h2-6,8,13,16-17,20-21H,7,9-12,14H2,1H3. The molecular weight excluding hydrogens is 284 g/mol. The molecule has 2 atom stereocenters. The molecule has 23 heavy (non-hydrogen) atoms. The summed E-state index contributed by atoms with van der Waals surface area (Å²) >= 11 is 0. The summed E-state index contributed by atoms with van der Waals surface area (Å²) in [6, 6.07) is 11.0. The molecule has 4 heteroatoms. The smallest absolute Gasteiger partial charge is 0.0711 e. The molecule has 0 amide bonds. The number of fused-ring (bicyclic) bond motifs is 1. The maximum Gasteiger partial charge on any atom is 0.0711 e. The van der Waals surface area contributed by atoms with Crippen molar-refractivity contribution in [3.05, 3.63) is 59.6 Å². The number of rotatable bonds is 3. The summed E-state index contributed by atoms with van der Waals surface area (Å²) in [7, 11) is 2.09. The predicted octanol–water partition coefficient (Wildman–Crippen LogP) is 2.84. The highest BCUT2D eigenvalue weighted by molar-refractivity contribution is 5.25. The molecule has 2 aromatic rings. The van der Waals surface area contributed by atoms with Crippen LogP contribution in [0.25, 0.3) is 0 Å². The van der Waals surface area contributed by atoms with Gasteiger partial charge in [0.1, 0.15) is 0 Å². The SMILES string of the molecule is Cn1[nH]cc1CN1CCNCC2CC(c3ccccc3)CC=C21. The molecule has 4 rings (SSSR count). The van der Waals surface area contributed by atoms with Crippen LogP contribution >= 0.6 is 0 Å². The molecule has 2 aliphatic rings. The van der Waals surface area contributed by atoms with E-state index < -0.39 is 0 Å². The van der Waals surface area contributed by atoms with Crippen molar-refractivity contribution in [3.63, 3.8) is 0 Å². The maximum absolute atomic E-state index is 3.64. The summed E-state index contributed by atoms with van der Waals surface area (Å²) in [5.41, 5.74) is 4.42. The molecule has 2 unspecified atom stereocenters. The Labute approximate surface area is 138 Å². The maximum atomic E-state index is 3.64. The summed E-state index contributed by atoms with van der Waals surface area (Å²) < 4.78 is 2.11. The normalized spacial score (nSPS) is 24.9. The predicted molar refractivity (Wildman–Crippen MR) is 93.0 cm³/mol. The van der Waals surface area contributed by atoms with Gasteiger partial charge in [0.15, 0.2) is 0 Å². The first-order chi connectivity index (χ1) is 11.3. The number of aromatic amines is 1. The molecule has 0 saturated carbocycles. The van der Waals surface area contributed by atoms with Gasteiger partial charge in [-0.15, -0.1) is 0 Å². The molecule has 1 fully saturated rings. The molecule has 1 saturated heterocycles. The summed E-state index contributed by atoms with van der Waals surface area (Å²) in [5, 5.41) is 6.81. The van der Waals surface area contributed by atoms with Gasteiger partial charge in [-0.25, -0.2) is 0 Å². The van der Waals surface area contributed by atoms with Gasteiger partial charge in [0.25, 0.3) is 0 Å². The van der Waals surface area contributed by atoms with E-state index in [1.165, 1.54) is 24.1 Å². The number of benzene rings is 1. The van der Waals surface area contributed by atoms with Gasteiger partial charge in [-0.1, -0.05) is 36.4 Å². The Balaban J connectivity index is 1.54. The van der Waals surface area contributed by atoms with Crippen molar-refractivity contribution in [2.75, 3.05) is 19.6 Å². The molecule has 4 nitrogen and oxygen atoms in total. The molecule has 1 aliphatic carbocycles. The lowest BCUT2D eigenvalue weighted by Gasteiger charge is -2.36. The van der Waals surface area contributed by atoms with E-state index in [1.807, 2.05) is 0 Å². The molecule has 0 bridgehead atoms. The van der Waals surface area contributed by atoms with Gasteiger partial charge in [0.2, 0.25) is 0 Å². The summed E-state index contributed by atoms with van der Waals surface area (Å²) in [5.74, 6) is 1.30. The van der Waals surface area contributed by atoms with Gasteiger partial charge in [-0.2, -0.15) is 0 Å². The molecule has 1 aromatic heterocycles. The number of nitrogens with one attached hydrogen (secondary N) is 2. The zero-order valence-corrected chi connectivity index (χ0v) is 13.8. The fourth-order valence-electron chi connectivity index (χ4n) is 3.98. The van der Waals surface area contributed by atoms with Crippen LogP contribution in [-0.2, 0) is 13.6 Å². The second kappa shape index (κ2) is 6.28. The largest absolute Gasteiger partial charge is 0.368 e. The number of allylic oxidation sites excluding steroid dienone is 1. The minimum atomic E-state index is 0.635. The second-order valence-electron chi connectivity index (χ2n) is 6.85. The quantitative estimate of drug-likeness (QED) is 0.914. The summed E-state index contributed by atoms with van der Waals surface area (Å²) in [4.78, 5) is 2.58. The molecule has 2 N–H and O–H groups in total. The van der Waals surface area contributed by atoms with Crippen LogP contribution in [-0.4, -0.2) is 34.3 Å². The van der Waals surface area contributed by atoms with E-state index in [0.717, 1.165) is 26.2 Å². The van der Waals surface area contributed by atoms with Crippen LogP contribution in [0.3, 0.4) is 0 Å². The van der Waals surface area contributed by atoms with E-state index in [4.69, 9.17) is 0 Å². The fourth-order valence-corrected chi connectivity index (χ4v) is 3.98. The van der Waals surface area contributed by atoms with E-state index >= 15 is 0 Å². The van der Waals surface area contributed by atoms with E-state index in [-0.39, 0.29) is 0 Å². The average Bonchev–Trinajstić information content (AvgIpc) is 2.80. The molecule has 0 spiro atoms. The van der Waals surface area contributed by atoms with Crippen molar-refractivity contribution in [1.82, 2.24) is 20.0 Å². The number of H-pyrrole nitrogens is 1. The number of aromatic nitrogens is 2. The van der Waals surface area contributed by atoms with Crippen molar-refractivity contribution in [2.24, 2.45) is 13.0 Å². The Bertz CT molecular complexity index is 667. The molecule has 122 valence electrons. The Hall–Kier alpha value is -1.94. The number of hydrogen-bond donors (Lipinski definition) is 2. The van der Waals surface area contributed by atoms with Crippen molar-refractivity contribution < 1.29 is 0 Å². The number of hydrogen-bond acceptors (Lipinski definition) is 2. The first kappa shape index (κ1) is 14.6. The van der Waals surface area contributed by atoms with E-state index in [9.17, 15) is 0 Å². The van der Waals surface area contributed by atoms with Gasteiger partial charge in [0.05, 0.1) is 12.2 Å². The van der Waals surface area contributed by atoms with Crippen molar-refractivity contribution >= 4 is 0 Å². The lowest BCUT2D eigenvalue weighted by molar-refractivity contribution is 0.285. The van der Waals surface area contributed by atoms with Gasteiger partial charge in [-0.3, -0.25) is 4.68 Å². The number of aryl methyl sites for hydroxylation is 1. The van der Waals surface area contributed by atoms with E-state index in [2.05, 4.69) is 69.6 Å². The van der Waals surface area contributed by atoms with Crippen LogP contribution in [0.15, 0.2) is 48.3 Å². The Morgan fingerprint density at radius 2 is 2.04 bits per heavy atom. The number of nitrogens with zero attached hydrogens (tertiary/aromatic N) is 2.